The van der Waals surface area contributed by atoms with E-state index in [2.05, 4.69) is 61.3 Å². The molecule has 0 aliphatic heterocycles. The van der Waals surface area contributed by atoms with Gasteiger partial charge >= 0.3 is 0 Å². The van der Waals surface area contributed by atoms with Crippen molar-refractivity contribution in [2.24, 2.45) is 9.98 Å². The van der Waals surface area contributed by atoms with Crippen LogP contribution in [0.2, 0.25) is 0 Å². The normalized spacial score (nSPS) is 13.2. The van der Waals surface area contributed by atoms with Crippen molar-refractivity contribution in [2.75, 3.05) is 0 Å². The van der Waals surface area contributed by atoms with Crippen molar-refractivity contribution in [2.45, 2.75) is 109 Å². The molecule has 1 aliphatic carbocycles. The molecule has 6 rings (SSSR count). The number of aliphatic imine (C=N–C) groups is 2. The van der Waals surface area contributed by atoms with Crippen molar-refractivity contribution < 1.29 is 10.2 Å². The van der Waals surface area contributed by atoms with Crippen molar-refractivity contribution in [1.29, 1.82) is 0 Å². The van der Waals surface area contributed by atoms with Gasteiger partial charge in [0, 0.05) is 29.0 Å². The second-order valence-corrected chi connectivity index (χ2v) is 14.8. The smallest absolute Gasteiger partial charge is 0.124 e. The second-order valence-electron chi connectivity index (χ2n) is 14.8. The first kappa shape index (κ1) is 37.8. The Labute approximate surface area is 317 Å². The summed E-state index contributed by atoms with van der Waals surface area (Å²) in [6, 6.07) is 36.8. The number of nitrogens with zero attached hydrogens (tertiary/aromatic N) is 2. The van der Waals surface area contributed by atoms with Crippen LogP contribution in [0.25, 0.3) is 22.3 Å². The minimum absolute atomic E-state index is 0.0133. The van der Waals surface area contributed by atoms with Crippen molar-refractivity contribution >= 4 is 23.8 Å². The van der Waals surface area contributed by atoms with Crippen molar-refractivity contribution in [3.8, 4) is 33.8 Å². The van der Waals surface area contributed by atoms with Crippen LogP contribution in [0.5, 0.6) is 11.5 Å². The van der Waals surface area contributed by atoms with Gasteiger partial charge in [0.05, 0.1) is 11.4 Å². The van der Waals surface area contributed by atoms with Crippen LogP contribution in [-0.2, 0) is 5.41 Å². The van der Waals surface area contributed by atoms with Crippen LogP contribution >= 0.6 is 0 Å². The van der Waals surface area contributed by atoms with E-state index in [0.29, 0.717) is 22.5 Å². The Bertz CT molecular complexity index is 1990. The van der Waals surface area contributed by atoms with E-state index in [1.54, 1.807) is 30.6 Å². The van der Waals surface area contributed by atoms with Gasteiger partial charge < -0.3 is 10.2 Å². The predicted octanol–water partition coefficient (Wildman–Crippen LogP) is 14.0. The van der Waals surface area contributed by atoms with Crippen LogP contribution in [0.1, 0.15) is 126 Å². The fourth-order valence-electron chi connectivity index (χ4n) is 8.11. The van der Waals surface area contributed by atoms with Crippen LogP contribution in [0.4, 0.5) is 11.4 Å². The zero-order valence-electron chi connectivity index (χ0n) is 31.7. The zero-order chi connectivity index (χ0) is 36.9. The maximum absolute atomic E-state index is 11.0. The number of phenolic OH excluding ortho intramolecular Hbond substituents is 2. The number of benzene rings is 5. The van der Waals surface area contributed by atoms with E-state index in [-0.39, 0.29) is 16.9 Å². The van der Waals surface area contributed by atoms with E-state index in [4.69, 9.17) is 4.99 Å². The van der Waals surface area contributed by atoms with Crippen LogP contribution < -0.4 is 0 Å². The van der Waals surface area contributed by atoms with Gasteiger partial charge in [-0.2, -0.15) is 0 Å². The first-order valence-electron chi connectivity index (χ1n) is 20.1. The summed E-state index contributed by atoms with van der Waals surface area (Å²) in [5.74, 6) is 0.359. The Balaban J connectivity index is 1.30. The first-order chi connectivity index (χ1) is 26.0. The van der Waals surface area contributed by atoms with Gasteiger partial charge in [-0.15, -0.1) is 0 Å². The van der Waals surface area contributed by atoms with Gasteiger partial charge in [-0.3, -0.25) is 9.98 Å². The van der Waals surface area contributed by atoms with Gasteiger partial charge in [0.2, 0.25) is 0 Å². The van der Waals surface area contributed by atoms with E-state index >= 15 is 0 Å². The summed E-state index contributed by atoms with van der Waals surface area (Å²) in [7, 11) is 0. The maximum Gasteiger partial charge on any atom is 0.124 e. The van der Waals surface area contributed by atoms with Crippen molar-refractivity contribution in [1.82, 2.24) is 0 Å². The van der Waals surface area contributed by atoms with Gasteiger partial charge in [-0.05, 0) is 88.7 Å². The average molecular weight is 705 g/mol. The monoisotopic (exact) mass is 704 g/mol. The molecular weight excluding hydrogens is 649 g/mol. The molecule has 53 heavy (non-hydrogen) atoms. The Kier molecular flexibility index (Phi) is 13.3. The number of fused-ring (bicyclic) bond motifs is 3. The highest BCUT2D eigenvalue weighted by Crippen LogP contribution is 2.55. The Morgan fingerprint density at radius 2 is 0.981 bits per heavy atom. The molecule has 5 aromatic carbocycles. The Hall–Kier alpha value is -4.96. The van der Waals surface area contributed by atoms with Crippen LogP contribution in [0.3, 0.4) is 0 Å². The van der Waals surface area contributed by atoms with Crippen LogP contribution in [0.15, 0.2) is 119 Å². The third-order valence-electron chi connectivity index (χ3n) is 11.0. The lowest BCUT2D eigenvalue weighted by molar-refractivity contribution is 0.398. The van der Waals surface area contributed by atoms with Gasteiger partial charge in [-0.1, -0.05) is 158 Å². The molecule has 0 unspecified atom stereocenters. The van der Waals surface area contributed by atoms with Gasteiger partial charge in [0.1, 0.15) is 11.5 Å². The highest BCUT2D eigenvalue weighted by molar-refractivity contribution is 5.91. The molecule has 0 spiro atoms. The standard InChI is InChI=1S/C49H56N2O2/c1-3-5-7-9-11-19-31-49(32-20-12-10-8-6-4-2)43-23-15-14-22-41(43)42-29-27-38(34-44(42)49)37-28-30-48(53)40(33-37)36-51-46-25-17-16-24-45(46)50-35-39-21-13-18-26-47(39)52/h13-18,21-30,33-36,52-53H,3-12,19-20,31-32H2,1-2H3. The molecular formula is C49H56N2O2. The van der Waals surface area contributed by atoms with E-state index in [9.17, 15) is 10.2 Å². The number of phenols is 2. The molecule has 4 heteroatoms. The molecule has 0 amide bonds. The largest absolute Gasteiger partial charge is 0.507 e. The molecule has 0 aromatic heterocycles. The SMILES string of the molecule is CCCCCCCCC1(CCCCCCCC)c2ccccc2-c2ccc(-c3ccc(O)c(C=Nc4ccccc4N=Cc4ccccc4O)c3)cc21. The lowest BCUT2D eigenvalue weighted by atomic mass is 9.70. The highest BCUT2D eigenvalue weighted by Gasteiger charge is 2.42. The van der Waals surface area contributed by atoms with E-state index in [1.807, 2.05) is 48.5 Å². The number of hydrogen-bond donors (Lipinski definition) is 2. The third kappa shape index (κ3) is 9.16. The minimum Gasteiger partial charge on any atom is -0.507 e. The minimum atomic E-state index is 0.0133. The molecule has 0 heterocycles. The summed E-state index contributed by atoms with van der Waals surface area (Å²) in [6.07, 6.45) is 21.3. The molecule has 274 valence electrons. The molecule has 2 N–H and O–H groups in total. The summed E-state index contributed by atoms with van der Waals surface area (Å²) in [5, 5.41) is 21.2. The Morgan fingerprint density at radius 3 is 1.66 bits per heavy atom. The molecule has 0 fully saturated rings. The summed E-state index contributed by atoms with van der Waals surface area (Å²) in [6.45, 7) is 4.58. The summed E-state index contributed by atoms with van der Waals surface area (Å²) >= 11 is 0. The fraction of sp³-hybridized carbons (Fsp3) is 0.347. The summed E-state index contributed by atoms with van der Waals surface area (Å²) in [4.78, 5) is 9.39. The molecule has 0 atom stereocenters. The van der Waals surface area contributed by atoms with Crippen LogP contribution in [0, 0.1) is 0 Å². The molecule has 5 aromatic rings. The summed E-state index contributed by atoms with van der Waals surface area (Å²) < 4.78 is 0. The average Bonchev–Trinajstić information content (AvgIpc) is 3.46. The molecule has 0 radical (unpaired) electrons. The summed E-state index contributed by atoms with van der Waals surface area (Å²) in [5.41, 5.74) is 10.6. The molecule has 4 nitrogen and oxygen atoms in total. The molecule has 0 saturated heterocycles. The maximum atomic E-state index is 11.0. The van der Waals surface area contributed by atoms with E-state index in [1.165, 1.54) is 112 Å². The number of aromatic hydroxyl groups is 2. The molecule has 1 aliphatic rings. The zero-order valence-corrected chi connectivity index (χ0v) is 31.7. The molecule has 0 bridgehead atoms. The predicted molar refractivity (Wildman–Crippen MR) is 225 cm³/mol. The highest BCUT2D eigenvalue weighted by atomic mass is 16.3. The lowest BCUT2D eigenvalue weighted by Crippen LogP contribution is -2.25. The number of para-hydroxylation sites is 3. The van der Waals surface area contributed by atoms with Crippen molar-refractivity contribution in [3.63, 3.8) is 0 Å². The van der Waals surface area contributed by atoms with Crippen molar-refractivity contribution in [3.05, 3.63) is 131 Å². The fourth-order valence-corrected chi connectivity index (χ4v) is 8.11. The lowest BCUT2D eigenvalue weighted by Gasteiger charge is -2.33. The van der Waals surface area contributed by atoms with Gasteiger partial charge in [-0.25, -0.2) is 0 Å². The van der Waals surface area contributed by atoms with Gasteiger partial charge in [0.15, 0.2) is 0 Å². The second kappa shape index (κ2) is 18.7. The quantitative estimate of drug-likeness (QED) is 0.0664. The number of rotatable bonds is 19. The van der Waals surface area contributed by atoms with E-state index in [0.717, 1.165) is 11.1 Å². The Morgan fingerprint density at radius 1 is 0.472 bits per heavy atom. The third-order valence-corrected chi connectivity index (χ3v) is 11.0. The van der Waals surface area contributed by atoms with Crippen LogP contribution in [-0.4, -0.2) is 22.6 Å². The number of unbranched alkanes of at least 4 members (excludes halogenated alkanes) is 10. The number of hydrogen-bond acceptors (Lipinski definition) is 4. The first-order valence-corrected chi connectivity index (χ1v) is 20.1. The van der Waals surface area contributed by atoms with E-state index < -0.39 is 0 Å². The molecule has 0 saturated carbocycles. The topological polar surface area (TPSA) is 65.2 Å². The van der Waals surface area contributed by atoms with Gasteiger partial charge in [0.25, 0.3) is 0 Å².